The summed E-state index contributed by atoms with van der Waals surface area (Å²) in [5, 5.41) is 3.53. The number of anilines is 2. The van der Waals surface area contributed by atoms with E-state index in [1.165, 1.54) is 11.3 Å². The Hall–Kier alpha value is -2.45. The van der Waals surface area contributed by atoms with Gasteiger partial charge in [-0.1, -0.05) is 12.1 Å². The van der Waals surface area contributed by atoms with Gasteiger partial charge in [0.15, 0.2) is 0 Å². The van der Waals surface area contributed by atoms with Gasteiger partial charge < -0.3 is 5.32 Å². The molecule has 1 aliphatic rings. The van der Waals surface area contributed by atoms with Crippen molar-refractivity contribution in [1.29, 1.82) is 0 Å². The number of thiazole rings is 1. The second kappa shape index (κ2) is 5.29. The smallest absolute Gasteiger partial charge is 0.238 e. The van der Waals surface area contributed by atoms with E-state index in [2.05, 4.69) is 15.0 Å². The molecular formula is C16H13N3O3S2. The van der Waals surface area contributed by atoms with E-state index in [1.807, 2.05) is 24.3 Å². The van der Waals surface area contributed by atoms with Gasteiger partial charge in [0.2, 0.25) is 15.9 Å². The molecule has 8 heteroatoms. The van der Waals surface area contributed by atoms with Gasteiger partial charge in [0.05, 0.1) is 16.5 Å². The number of nitrogens with one attached hydrogen (secondary N) is 2. The Balaban J connectivity index is 1.81. The lowest BCUT2D eigenvalue weighted by Gasteiger charge is -2.08. The highest BCUT2D eigenvalue weighted by Crippen LogP contribution is 2.41. The standard InChI is InChI=1S/C16H13N3O3S2/c1-24(21,22)19-9-6-7-11-10(8-9)14(15(20)17-11)16-18-12-4-2-3-5-13(12)23-16/h2-8,14,19H,1H3,(H,17,20). The van der Waals surface area contributed by atoms with Crippen molar-refractivity contribution < 1.29 is 13.2 Å². The maximum absolute atomic E-state index is 12.4. The Bertz CT molecular complexity index is 1040. The van der Waals surface area contributed by atoms with E-state index in [9.17, 15) is 13.2 Å². The average molecular weight is 359 g/mol. The SMILES string of the molecule is CS(=O)(=O)Nc1ccc2c(c1)C(c1nc3ccccc3s1)C(=O)N2. The first-order valence-electron chi connectivity index (χ1n) is 7.19. The van der Waals surface area contributed by atoms with Gasteiger partial charge >= 0.3 is 0 Å². The minimum absolute atomic E-state index is 0.152. The van der Waals surface area contributed by atoms with Crippen LogP contribution in [0.15, 0.2) is 42.5 Å². The van der Waals surface area contributed by atoms with Crippen molar-refractivity contribution in [3.63, 3.8) is 0 Å². The fourth-order valence-corrected chi connectivity index (χ4v) is 4.44. The fraction of sp³-hybridized carbons (Fsp3) is 0.125. The molecule has 0 radical (unpaired) electrons. The van der Waals surface area contributed by atoms with E-state index in [-0.39, 0.29) is 5.91 Å². The highest BCUT2D eigenvalue weighted by molar-refractivity contribution is 7.92. The van der Waals surface area contributed by atoms with Crippen molar-refractivity contribution in [2.45, 2.75) is 5.92 Å². The summed E-state index contributed by atoms with van der Waals surface area (Å²) in [7, 11) is -3.38. The number of sulfonamides is 1. The van der Waals surface area contributed by atoms with E-state index in [0.29, 0.717) is 16.4 Å². The second-order valence-corrected chi connectivity index (χ2v) is 8.43. The lowest BCUT2D eigenvalue weighted by Crippen LogP contribution is -2.13. The molecule has 2 aromatic carbocycles. The third kappa shape index (κ3) is 2.63. The second-order valence-electron chi connectivity index (χ2n) is 5.62. The molecule has 0 saturated heterocycles. The summed E-state index contributed by atoms with van der Waals surface area (Å²) < 4.78 is 26.3. The summed E-state index contributed by atoms with van der Waals surface area (Å²) in [6, 6.07) is 12.7. The molecule has 0 spiro atoms. The monoisotopic (exact) mass is 359 g/mol. The van der Waals surface area contributed by atoms with Crippen LogP contribution in [0.2, 0.25) is 0 Å². The van der Waals surface area contributed by atoms with Crippen LogP contribution >= 0.6 is 11.3 Å². The van der Waals surface area contributed by atoms with Crippen molar-refractivity contribution >= 4 is 48.9 Å². The van der Waals surface area contributed by atoms with Crippen LogP contribution in [-0.2, 0) is 14.8 Å². The van der Waals surface area contributed by atoms with Gasteiger partial charge in [0.1, 0.15) is 10.9 Å². The molecular weight excluding hydrogens is 346 g/mol. The van der Waals surface area contributed by atoms with Crippen LogP contribution in [0.3, 0.4) is 0 Å². The molecule has 0 bridgehead atoms. The van der Waals surface area contributed by atoms with Crippen LogP contribution < -0.4 is 10.0 Å². The Morgan fingerprint density at radius 2 is 2.00 bits per heavy atom. The van der Waals surface area contributed by atoms with Crippen molar-refractivity contribution in [1.82, 2.24) is 4.98 Å². The maximum Gasteiger partial charge on any atom is 0.238 e. The van der Waals surface area contributed by atoms with Crippen LogP contribution in [0.25, 0.3) is 10.2 Å². The number of hydrogen-bond acceptors (Lipinski definition) is 5. The predicted octanol–water partition coefficient (Wildman–Crippen LogP) is 2.75. The summed E-state index contributed by atoms with van der Waals surface area (Å²) >= 11 is 1.47. The van der Waals surface area contributed by atoms with Gasteiger partial charge in [-0.25, -0.2) is 13.4 Å². The zero-order valence-corrected chi connectivity index (χ0v) is 14.2. The molecule has 0 saturated carbocycles. The molecule has 4 rings (SSSR count). The van der Waals surface area contributed by atoms with Crippen LogP contribution in [-0.4, -0.2) is 25.6 Å². The summed E-state index contributed by atoms with van der Waals surface area (Å²) in [6.45, 7) is 0. The number of rotatable bonds is 3. The minimum Gasteiger partial charge on any atom is -0.325 e. The summed E-state index contributed by atoms with van der Waals surface area (Å²) in [6.07, 6.45) is 1.09. The van der Waals surface area contributed by atoms with Gasteiger partial charge in [-0.2, -0.15) is 0 Å². The van der Waals surface area contributed by atoms with Crippen molar-refractivity contribution in [2.24, 2.45) is 0 Å². The predicted molar refractivity (Wildman–Crippen MR) is 95.0 cm³/mol. The van der Waals surface area contributed by atoms with Crippen molar-refractivity contribution in [3.05, 3.63) is 53.0 Å². The van der Waals surface area contributed by atoms with Crippen LogP contribution in [0.1, 0.15) is 16.5 Å². The van der Waals surface area contributed by atoms with Crippen LogP contribution in [0, 0.1) is 0 Å². The van der Waals surface area contributed by atoms with Crippen LogP contribution in [0.4, 0.5) is 11.4 Å². The minimum atomic E-state index is -3.38. The van der Waals surface area contributed by atoms with E-state index in [0.717, 1.165) is 22.0 Å². The Morgan fingerprint density at radius 1 is 1.21 bits per heavy atom. The highest BCUT2D eigenvalue weighted by Gasteiger charge is 2.34. The first kappa shape index (κ1) is 15.1. The molecule has 122 valence electrons. The Morgan fingerprint density at radius 3 is 2.75 bits per heavy atom. The Labute approximate surface area is 142 Å². The molecule has 6 nitrogen and oxygen atoms in total. The molecule has 24 heavy (non-hydrogen) atoms. The number of hydrogen-bond donors (Lipinski definition) is 2. The molecule has 0 fully saturated rings. The van der Waals surface area contributed by atoms with E-state index in [1.54, 1.807) is 18.2 Å². The largest absolute Gasteiger partial charge is 0.325 e. The molecule has 1 amide bonds. The lowest BCUT2D eigenvalue weighted by molar-refractivity contribution is -0.116. The number of carbonyl (C=O) groups excluding carboxylic acids is 1. The molecule has 1 atom stereocenters. The molecule has 0 aliphatic carbocycles. The molecule has 1 aromatic heterocycles. The van der Waals surface area contributed by atoms with Gasteiger partial charge in [0, 0.05) is 11.4 Å². The van der Waals surface area contributed by atoms with Crippen LogP contribution in [0.5, 0.6) is 0 Å². The maximum atomic E-state index is 12.4. The van der Waals surface area contributed by atoms with E-state index >= 15 is 0 Å². The number of amides is 1. The Kier molecular flexibility index (Phi) is 3.33. The van der Waals surface area contributed by atoms with Crippen molar-refractivity contribution in [2.75, 3.05) is 16.3 Å². The highest BCUT2D eigenvalue weighted by atomic mass is 32.2. The number of aromatic nitrogens is 1. The van der Waals surface area contributed by atoms with Crippen molar-refractivity contribution in [3.8, 4) is 0 Å². The fourth-order valence-electron chi connectivity index (χ4n) is 2.80. The average Bonchev–Trinajstić information content (AvgIpc) is 3.04. The van der Waals surface area contributed by atoms with Gasteiger partial charge in [-0.15, -0.1) is 11.3 Å². The number of benzene rings is 2. The normalized spacial score (nSPS) is 16.9. The molecule has 2 N–H and O–H groups in total. The number of fused-ring (bicyclic) bond motifs is 2. The van der Waals surface area contributed by atoms with Gasteiger partial charge in [0.25, 0.3) is 0 Å². The summed E-state index contributed by atoms with van der Waals surface area (Å²) in [5.74, 6) is -0.681. The molecule has 2 heterocycles. The van der Waals surface area contributed by atoms with E-state index in [4.69, 9.17) is 0 Å². The first-order chi connectivity index (χ1) is 11.4. The van der Waals surface area contributed by atoms with Gasteiger partial charge in [-0.3, -0.25) is 9.52 Å². The molecule has 1 unspecified atom stereocenters. The number of carbonyl (C=O) groups is 1. The van der Waals surface area contributed by atoms with E-state index < -0.39 is 15.9 Å². The number of para-hydroxylation sites is 1. The molecule has 1 aliphatic heterocycles. The quantitative estimate of drug-likeness (QED) is 0.753. The third-order valence-electron chi connectivity index (χ3n) is 3.74. The van der Waals surface area contributed by atoms with Gasteiger partial charge in [-0.05, 0) is 35.9 Å². The topological polar surface area (TPSA) is 88.2 Å². The summed E-state index contributed by atoms with van der Waals surface area (Å²) in [5.41, 5.74) is 2.69. The zero-order valence-electron chi connectivity index (χ0n) is 12.6. The summed E-state index contributed by atoms with van der Waals surface area (Å²) in [4.78, 5) is 17.0. The third-order valence-corrected chi connectivity index (χ3v) is 5.45. The lowest BCUT2D eigenvalue weighted by atomic mass is 10.0. The molecule has 3 aromatic rings. The first-order valence-corrected chi connectivity index (χ1v) is 9.89. The number of nitrogens with zero attached hydrogens (tertiary/aromatic N) is 1. The zero-order chi connectivity index (χ0) is 16.9.